The SMILES string of the molecule is CCC(N)Cc1nc(C2CCCC(CC)C2)no1. The molecule has 1 aromatic heterocycles. The first-order valence-electron chi connectivity index (χ1n) is 7.31. The molecule has 1 aliphatic carbocycles. The van der Waals surface area contributed by atoms with Crippen LogP contribution >= 0.6 is 0 Å². The third kappa shape index (κ3) is 3.31. The highest BCUT2D eigenvalue weighted by Crippen LogP contribution is 2.36. The standard InChI is InChI=1S/C14H25N3O/c1-3-10-6-5-7-11(8-10)14-16-13(18-17-14)9-12(15)4-2/h10-12H,3-9,15H2,1-2H3. The van der Waals surface area contributed by atoms with Crippen LogP contribution in [-0.4, -0.2) is 16.2 Å². The van der Waals surface area contributed by atoms with E-state index >= 15 is 0 Å². The Hall–Kier alpha value is -0.900. The molecule has 4 nitrogen and oxygen atoms in total. The van der Waals surface area contributed by atoms with E-state index in [0.29, 0.717) is 18.2 Å². The molecule has 2 N–H and O–H groups in total. The van der Waals surface area contributed by atoms with Crippen molar-refractivity contribution in [2.24, 2.45) is 11.7 Å². The lowest BCUT2D eigenvalue weighted by molar-refractivity contribution is 0.297. The first kappa shape index (κ1) is 13.5. The second-order valence-electron chi connectivity index (χ2n) is 5.56. The molecule has 0 saturated heterocycles. The summed E-state index contributed by atoms with van der Waals surface area (Å²) in [4.78, 5) is 4.53. The fraction of sp³-hybridized carbons (Fsp3) is 0.857. The highest BCUT2D eigenvalue weighted by atomic mass is 16.5. The molecule has 1 fully saturated rings. The first-order chi connectivity index (χ1) is 8.72. The quantitative estimate of drug-likeness (QED) is 0.873. The third-order valence-corrected chi connectivity index (χ3v) is 4.17. The Morgan fingerprint density at radius 2 is 2.22 bits per heavy atom. The molecule has 1 aromatic rings. The number of nitrogens with two attached hydrogens (primary N) is 1. The minimum Gasteiger partial charge on any atom is -0.339 e. The summed E-state index contributed by atoms with van der Waals surface area (Å²) in [5, 5.41) is 4.15. The van der Waals surface area contributed by atoms with Gasteiger partial charge in [-0.15, -0.1) is 0 Å². The van der Waals surface area contributed by atoms with E-state index in [1.165, 1.54) is 32.1 Å². The molecule has 0 spiro atoms. The van der Waals surface area contributed by atoms with Gasteiger partial charge in [0.2, 0.25) is 5.89 Å². The number of rotatable bonds is 5. The van der Waals surface area contributed by atoms with E-state index in [9.17, 15) is 0 Å². The van der Waals surface area contributed by atoms with Gasteiger partial charge in [-0.3, -0.25) is 0 Å². The summed E-state index contributed by atoms with van der Waals surface area (Å²) in [6.45, 7) is 4.35. The summed E-state index contributed by atoms with van der Waals surface area (Å²) in [6, 6.07) is 0.132. The Kier molecular flexibility index (Phi) is 4.75. The predicted molar refractivity (Wildman–Crippen MR) is 71.3 cm³/mol. The van der Waals surface area contributed by atoms with Gasteiger partial charge in [-0.1, -0.05) is 38.3 Å². The third-order valence-electron chi connectivity index (χ3n) is 4.17. The van der Waals surface area contributed by atoms with Gasteiger partial charge in [0.15, 0.2) is 5.82 Å². The molecule has 4 heteroatoms. The lowest BCUT2D eigenvalue weighted by atomic mass is 9.80. The van der Waals surface area contributed by atoms with E-state index < -0.39 is 0 Å². The van der Waals surface area contributed by atoms with Crippen molar-refractivity contribution in [2.45, 2.75) is 70.8 Å². The van der Waals surface area contributed by atoms with Gasteiger partial charge >= 0.3 is 0 Å². The van der Waals surface area contributed by atoms with Crippen molar-refractivity contribution in [1.82, 2.24) is 10.1 Å². The zero-order valence-corrected chi connectivity index (χ0v) is 11.6. The van der Waals surface area contributed by atoms with E-state index in [1.807, 2.05) is 0 Å². The summed E-state index contributed by atoms with van der Waals surface area (Å²) < 4.78 is 5.32. The lowest BCUT2D eigenvalue weighted by Crippen LogP contribution is -2.21. The minimum absolute atomic E-state index is 0.132. The topological polar surface area (TPSA) is 64.9 Å². The largest absolute Gasteiger partial charge is 0.339 e. The second kappa shape index (κ2) is 6.32. The Morgan fingerprint density at radius 1 is 1.39 bits per heavy atom. The minimum atomic E-state index is 0.132. The molecule has 102 valence electrons. The maximum Gasteiger partial charge on any atom is 0.228 e. The van der Waals surface area contributed by atoms with Crippen LogP contribution in [0.4, 0.5) is 0 Å². The van der Waals surface area contributed by atoms with Crippen molar-refractivity contribution in [3.8, 4) is 0 Å². The summed E-state index contributed by atoms with van der Waals surface area (Å²) in [6.07, 6.45) is 7.99. The molecule has 0 bridgehead atoms. The van der Waals surface area contributed by atoms with Crippen LogP contribution in [0.15, 0.2) is 4.52 Å². The van der Waals surface area contributed by atoms with Crippen molar-refractivity contribution in [2.75, 3.05) is 0 Å². The average Bonchev–Trinajstić information content (AvgIpc) is 2.87. The zero-order valence-electron chi connectivity index (χ0n) is 11.6. The molecule has 3 atom stereocenters. The van der Waals surface area contributed by atoms with E-state index in [4.69, 9.17) is 10.3 Å². The van der Waals surface area contributed by atoms with E-state index in [-0.39, 0.29) is 6.04 Å². The number of hydrogen-bond donors (Lipinski definition) is 1. The van der Waals surface area contributed by atoms with Crippen molar-refractivity contribution in [1.29, 1.82) is 0 Å². The summed E-state index contributed by atoms with van der Waals surface area (Å²) in [7, 11) is 0. The van der Waals surface area contributed by atoms with Crippen LogP contribution in [0, 0.1) is 5.92 Å². The molecule has 1 heterocycles. The Labute approximate surface area is 109 Å². The molecule has 0 aromatic carbocycles. The average molecular weight is 251 g/mol. The lowest BCUT2D eigenvalue weighted by Gasteiger charge is -2.26. The highest BCUT2D eigenvalue weighted by Gasteiger charge is 2.26. The van der Waals surface area contributed by atoms with Crippen molar-refractivity contribution in [3.63, 3.8) is 0 Å². The van der Waals surface area contributed by atoms with Crippen LogP contribution in [-0.2, 0) is 6.42 Å². The molecular weight excluding hydrogens is 226 g/mol. The molecule has 0 aliphatic heterocycles. The van der Waals surface area contributed by atoms with Crippen LogP contribution in [0.2, 0.25) is 0 Å². The normalized spacial score (nSPS) is 26.2. The molecule has 18 heavy (non-hydrogen) atoms. The van der Waals surface area contributed by atoms with E-state index in [1.54, 1.807) is 0 Å². The summed E-state index contributed by atoms with van der Waals surface area (Å²) in [5.41, 5.74) is 5.91. The molecule has 0 radical (unpaired) electrons. The van der Waals surface area contributed by atoms with Crippen molar-refractivity contribution < 1.29 is 4.52 Å². The van der Waals surface area contributed by atoms with Gasteiger partial charge in [0, 0.05) is 18.4 Å². The van der Waals surface area contributed by atoms with Gasteiger partial charge in [-0.2, -0.15) is 4.98 Å². The van der Waals surface area contributed by atoms with Crippen LogP contribution in [0.5, 0.6) is 0 Å². The van der Waals surface area contributed by atoms with Crippen LogP contribution in [0.1, 0.15) is 70.0 Å². The fourth-order valence-electron chi connectivity index (χ4n) is 2.78. The van der Waals surface area contributed by atoms with Gasteiger partial charge < -0.3 is 10.3 Å². The van der Waals surface area contributed by atoms with E-state index in [0.717, 1.165) is 18.2 Å². The number of nitrogens with zero attached hydrogens (tertiary/aromatic N) is 2. The highest BCUT2D eigenvalue weighted by molar-refractivity contribution is 4.98. The Morgan fingerprint density at radius 3 is 2.94 bits per heavy atom. The summed E-state index contributed by atoms with van der Waals surface area (Å²) >= 11 is 0. The Balaban J connectivity index is 1.96. The summed E-state index contributed by atoms with van der Waals surface area (Å²) in [5.74, 6) is 2.95. The van der Waals surface area contributed by atoms with Crippen molar-refractivity contribution >= 4 is 0 Å². The van der Waals surface area contributed by atoms with Gasteiger partial charge in [-0.05, 0) is 25.2 Å². The molecule has 2 rings (SSSR count). The van der Waals surface area contributed by atoms with Crippen molar-refractivity contribution in [3.05, 3.63) is 11.7 Å². The maximum absolute atomic E-state index is 5.91. The van der Waals surface area contributed by atoms with Crippen LogP contribution < -0.4 is 5.73 Å². The monoisotopic (exact) mass is 251 g/mol. The van der Waals surface area contributed by atoms with Crippen LogP contribution in [0.25, 0.3) is 0 Å². The predicted octanol–water partition coefficient (Wildman–Crippen LogP) is 3.03. The maximum atomic E-state index is 5.91. The van der Waals surface area contributed by atoms with Gasteiger partial charge in [0.1, 0.15) is 0 Å². The molecular formula is C14H25N3O. The molecule has 1 saturated carbocycles. The number of hydrogen-bond acceptors (Lipinski definition) is 4. The van der Waals surface area contributed by atoms with Gasteiger partial charge in [0.05, 0.1) is 0 Å². The number of aromatic nitrogens is 2. The van der Waals surface area contributed by atoms with Gasteiger partial charge in [-0.25, -0.2) is 0 Å². The fourth-order valence-corrected chi connectivity index (χ4v) is 2.78. The molecule has 1 aliphatic rings. The molecule has 3 unspecified atom stereocenters. The second-order valence-corrected chi connectivity index (χ2v) is 5.56. The Bertz CT molecular complexity index is 364. The smallest absolute Gasteiger partial charge is 0.228 e. The van der Waals surface area contributed by atoms with Gasteiger partial charge in [0.25, 0.3) is 0 Å². The molecule has 0 amide bonds. The van der Waals surface area contributed by atoms with Crippen LogP contribution in [0.3, 0.4) is 0 Å². The van der Waals surface area contributed by atoms with E-state index in [2.05, 4.69) is 24.0 Å². The first-order valence-corrected chi connectivity index (χ1v) is 7.31. The zero-order chi connectivity index (χ0) is 13.0.